The van der Waals surface area contributed by atoms with E-state index in [9.17, 15) is 0 Å². The van der Waals surface area contributed by atoms with E-state index in [0.29, 0.717) is 0 Å². The second kappa shape index (κ2) is 3.50. The van der Waals surface area contributed by atoms with E-state index in [4.69, 9.17) is 0 Å². The van der Waals surface area contributed by atoms with Crippen LogP contribution in [-0.4, -0.2) is 5.54 Å². The van der Waals surface area contributed by atoms with E-state index in [1.807, 2.05) is 19.6 Å². The third kappa shape index (κ3) is 2.17. The van der Waals surface area contributed by atoms with E-state index in [2.05, 4.69) is 24.3 Å². The van der Waals surface area contributed by atoms with Gasteiger partial charge in [-0.2, -0.15) is 0 Å². The molecular formula is C6H13MoN. The predicted molar refractivity (Wildman–Crippen MR) is 31.4 cm³/mol. The zero-order valence-corrected chi connectivity index (χ0v) is 7.78. The maximum atomic E-state index is 4.27. The topological polar surface area (TPSA) is 12.4 Å². The zero-order valence-electron chi connectivity index (χ0n) is 5.77. The molecule has 0 saturated heterocycles. The first-order valence-corrected chi connectivity index (χ1v) is 3.93. The van der Waals surface area contributed by atoms with E-state index in [0.717, 1.165) is 12.8 Å². The van der Waals surface area contributed by atoms with Crippen molar-refractivity contribution in [3.63, 3.8) is 0 Å². The fourth-order valence-corrected chi connectivity index (χ4v) is 1.01. The molecule has 0 spiro atoms. The molecule has 0 rings (SSSR count). The molecule has 1 nitrogen and oxygen atoms in total. The summed E-state index contributed by atoms with van der Waals surface area (Å²) in [5, 5.41) is 0. The van der Waals surface area contributed by atoms with Gasteiger partial charge in [0, 0.05) is 0 Å². The monoisotopic (exact) mass is 197 g/mol. The Morgan fingerprint density at radius 1 is 1.38 bits per heavy atom. The summed E-state index contributed by atoms with van der Waals surface area (Å²) in [6.07, 6.45) is 2.31. The Labute approximate surface area is 62.6 Å². The van der Waals surface area contributed by atoms with Crippen molar-refractivity contribution >= 4 is 0 Å². The summed E-state index contributed by atoms with van der Waals surface area (Å²) >= 11 is 1.83. The molecule has 8 heavy (non-hydrogen) atoms. The van der Waals surface area contributed by atoms with Crippen molar-refractivity contribution in [1.82, 2.24) is 0 Å². The van der Waals surface area contributed by atoms with E-state index in [-0.39, 0.29) is 5.54 Å². The molecule has 0 aromatic heterocycles. The summed E-state index contributed by atoms with van der Waals surface area (Å²) in [6.45, 7) is 6.55. The summed E-state index contributed by atoms with van der Waals surface area (Å²) in [7, 11) is 0. The molecule has 0 bridgehead atoms. The molecule has 0 aliphatic rings. The van der Waals surface area contributed by atoms with Crippen molar-refractivity contribution in [1.29, 1.82) is 0 Å². The molecule has 0 N–H and O–H groups in total. The average molecular weight is 195 g/mol. The first kappa shape index (κ1) is 8.49. The third-order valence-electron chi connectivity index (χ3n) is 1.74. The molecule has 0 fully saturated rings. The van der Waals surface area contributed by atoms with Crippen LogP contribution in [0.5, 0.6) is 0 Å². The zero-order chi connectivity index (χ0) is 6.62. The van der Waals surface area contributed by atoms with Gasteiger partial charge in [-0.25, -0.2) is 0 Å². The Morgan fingerprint density at radius 3 is 1.75 bits per heavy atom. The SMILES string of the molecule is CCC(C)(CC)[N]=[Mo]. The van der Waals surface area contributed by atoms with Crippen molar-refractivity contribution in [2.75, 3.05) is 0 Å². The van der Waals surface area contributed by atoms with Crippen LogP contribution in [0.3, 0.4) is 0 Å². The van der Waals surface area contributed by atoms with Crippen LogP contribution in [0.15, 0.2) is 3.50 Å². The van der Waals surface area contributed by atoms with Crippen molar-refractivity contribution in [3.05, 3.63) is 0 Å². The number of hydrogen-bond acceptors (Lipinski definition) is 1. The quantitative estimate of drug-likeness (QED) is 0.612. The molecule has 0 saturated carbocycles. The molecule has 0 heterocycles. The molecule has 2 heteroatoms. The Kier molecular flexibility index (Phi) is 3.72. The minimum atomic E-state index is 0.254. The standard InChI is InChI=1S/C6H13N.Mo/c1-4-6(3,7)5-2;/h4-5H2,1-3H3;. The van der Waals surface area contributed by atoms with Crippen molar-refractivity contribution in [2.24, 2.45) is 3.50 Å². The van der Waals surface area contributed by atoms with Crippen LogP contribution < -0.4 is 0 Å². The van der Waals surface area contributed by atoms with Gasteiger partial charge in [-0.15, -0.1) is 0 Å². The number of hydrogen-bond donors (Lipinski definition) is 0. The van der Waals surface area contributed by atoms with Crippen molar-refractivity contribution < 1.29 is 19.6 Å². The van der Waals surface area contributed by atoms with Crippen LogP contribution in [0.25, 0.3) is 0 Å². The second-order valence-corrected chi connectivity index (χ2v) is 2.74. The van der Waals surface area contributed by atoms with E-state index >= 15 is 0 Å². The summed E-state index contributed by atoms with van der Waals surface area (Å²) in [4.78, 5) is 0. The average Bonchev–Trinajstić information content (AvgIpc) is 1.87. The molecule has 48 valence electrons. The van der Waals surface area contributed by atoms with Gasteiger partial charge in [0.15, 0.2) is 0 Å². The van der Waals surface area contributed by atoms with Gasteiger partial charge in [0.05, 0.1) is 0 Å². The van der Waals surface area contributed by atoms with Crippen molar-refractivity contribution in [2.45, 2.75) is 39.2 Å². The Balaban J connectivity index is 3.76. The summed E-state index contributed by atoms with van der Waals surface area (Å²) in [6, 6.07) is 0. The number of nitrogens with zero attached hydrogens (tertiary/aromatic N) is 1. The van der Waals surface area contributed by atoms with Gasteiger partial charge in [0.1, 0.15) is 0 Å². The van der Waals surface area contributed by atoms with Crippen LogP contribution in [0.4, 0.5) is 0 Å². The summed E-state index contributed by atoms with van der Waals surface area (Å²) in [5.74, 6) is 0. The molecule has 0 unspecified atom stereocenters. The number of rotatable bonds is 3. The van der Waals surface area contributed by atoms with Gasteiger partial charge in [0.2, 0.25) is 0 Å². The van der Waals surface area contributed by atoms with Crippen LogP contribution in [-0.2, 0) is 19.6 Å². The van der Waals surface area contributed by atoms with E-state index in [1.54, 1.807) is 0 Å². The first-order chi connectivity index (χ1) is 3.68. The fraction of sp³-hybridized carbons (Fsp3) is 1.00. The Hall–Kier alpha value is 0.488. The molecule has 0 aliphatic carbocycles. The molecule has 0 aromatic carbocycles. The molecular weight excluding hydrogens is 182 g/mol. The van der Waals surface area contributed by atoms with E-state index < -0.39 is 0 Å². The van der Waals surface area contributed by atoms with Gasteiger partial charge in [-0.1, -0.05) is 0 Å². The Morgan fingerprint density at radius 2 is 1.75 bits per heavy atom. The van der Waals surface area contributed by atoms with Crippen LogP contribution >= 0.6 is 0 Å². The second-order valence-electron chi connectivity index (χ2n) is 2.30. The normalized spacial score (nSPS) is 11.4. The van der Waals surface area contributed by atoms with Crippen molar-refractivity contribution in [3.8, 4) is 0 Å². The summed E-state index contributed by atoms with van der Waals surface area (Å²) < 4.78 is 4.27. The maximum absolute atomic E-state index is 4.27. The van der Waals surface area contributed by atoms with Crippen LogP contribution in [0.2, 0.25) is 0 Å². The molecule has 0 amide bonds. The summed E-state index contributed by atoms with van der Waals surface area (Å²) in [5.41, 5.74) is 0.254. The van der Waals surface area contributed by atoms with E-state index in [1.165, 1.54) is 0 Å². The molecule has 0 aliphatic heterocycles. The minimum absolute atomic E-state index is 0.254. The van der Waals surface area contributed by atoms with Gasteiger partial charge in [-0.3, -0.25) is 0 Å². The predicted octanol–water partition coefficient (Wildman–Crippen LogP) is 2.30. The Bertz CT molecular complexity index is 76.6. The van der Waals surface area contributed by atoms with Crippen LogP contribution in [0, 0.1) is 0 Å². The van der Waals surface area contributed by atoms with Gasteiger partial charge in [0.25, 0.3) is 0 Å². The molecule has 0 atom stereocenters. The first-order valence-electron chi connectivity index (χ1n) is 3.03. The van der Waals surface area contributed by atoms with Gasteiger partial charge in [-0.05, 0) is 0 Å². The fourth-order valence-electron chi connectivity index (χ4n) is 0.379. The molecule has 0 radical (unpaired) electrons. The van der Waals surface area contributed by atoms with Gasteiger partial charge < -0.3 is 0 Å². The third-order valence-corrected chi connectivity index (χ3v) is 2.83. The van der Waals surface area contributed by atoms with Gasteiger partial charge >= 0.3 is 62.3 Å². The molecule has 0 aromatic rings. The van der Waals surface area contributed by atoms with Crippen LogP contribution in [0.1, 0.15) is 33.6 Å².